The summed E-state index contributed by atoms with van der Waals surface area (Å²) >= 11 is 0. The summed E-state index contributed by atoms with van der Waals surface area (Å²) < 4.78 is 27.8. The molecule has 1 aliphatic heterocycles. The van der Waals surface area contributed by atoms with E-state index in [1.54, 1.807) is 18.2 Å². The first-order chi connectivity index (χ1) is 11.0. The Kier molecular flexibility index (Phi) is 4.20. The molecule has 3 rings (SSSR count). The number of hydrogen-bond acceptors (Lipinski definition) is 2. The predicted molar refractivity (Wildman–Crippen MR) is 92.5 cm³/mol. The molecule has 0 N–H and O–H groups in total. The second-order valence-corrected chi connectivity index (χ2v) is 7.46. The van der Waals surface area contributed by atoms with Gasteiger partial charge in [0.05, 0.1) is 17.0 Å². The van der Waals surface area contributed by atoms with Crippen molar-refractivity contribution in [2.75, 3.05) is 0 Å². The van der Waals surface area contributed by atoms with Crippen LogP contribution in [0.1, 0.15) is 17.2 Å². The van der Waals surface area contributed by atoms with Gasteiger partial charge in [-0.05, 0) is 24.6 Å². The first-order valence-corrected chi connectivity index (χ1v) is 8.94. The maximum atomic E-state index is 13.1. The number of benzene rings is 2. The molecule has 0 aromatic heterocycles. The lowest BCUT2D eigenvalue weighted by Gasteiger charge is -2.28. The summed E-state index contributed by atoms with van der Waals surface area (Å²) in [5.41, 5.74) is 1.98. The molecule has 0 saturated carbocycles. The number of aryl methyl sites for hydroxylation is 1. The van der Waals surface area contributed by atoms with Crippen molar-refractivity contribution >= 4 is 10.0 Å². The second kappa shape index (κ2) is 6.14. The second-order valence-electron chi connectivity index (χ2n) is 5.61. The van der Waals surface area contributed by atoms with E-state index in [0.29, 0.717) is 4.90 Å². The van der Waals surface area contributed by atoms with Crippen molar-refractivity contribution in [3.8, 4) is 0 Å². The molecule has 0 fully saturated rings. The maximum absolute atomic E-state index is 13.1. The summed E-state index contributed by atoms with van der Waals surface area (Å²) in [6.07, 6.45) is 5.47. The third-order valence-corrected chi connectivity index (χ3v) is 5.93. The van der Waals surface area contributed by atoms with Gasteiger partial charge in [0.25, 0.3) is 0 Å². The van der Waals surface area contributed by atoms with Crippen molar-refractivity contribution in [2.24, 2.45) is 0 Å². The van der Waals surface area contributed by atoms with Crippen LogP contribution in [-0.4, -0.2) is 18.8 Å². The summed E-state index contributed by atoms with van der Waals surface area (Å²) in [5.74, 6) is 0. The van der Waals surface area contributed by atoms with Crippen LogP contribution >= 0.6 is 0 Å². The zero-order chi connectivity index (χ0) is 16.4. The lowest BCUT2D eigenvalue weighted by molar-refractivity contribution is 0.378. The minimum absolute atomic E-state index is 0.305. The molecular weight excluding hydrogens is 306 g/mol. The summed E-state index contributed by atoms with van der Waals surface area (Å²) in [7, 11) is -3.61. The van der Waals surface area contributed by atoms with E-state index < -0.39 is 10.0 Å². The fourth-order valence-corrected chi connectivity index (χ4v) is 4.50. The molecule has 0 radical (unpaired) electrons. The van der Waals surface area contributed by atoms with E-state index in [1.165, 1.54) is 4.31 Å². The van der Waals surface area contributed by atoms with E-state index in [4.69, 9.17) is 0 Å². The molecule has 2 aromatic rings. The smallest absolute Gasteiger partial charge is 0.207 e. The van der Waals surface area contributed by atoms with Gasteiger partial charge in [-0.2, -0.15) is 4.31 Å². The van der Waals surface area contributed by atoms with Gasteiger partial charge in [0.2, 0.25) is 10.0 Å². The minimum Gasteiger partial charge on any atom is -0.207 e. The Balaban J connectivity index is 2.06. The van der Waals surface area contributed by atoms with Crippen LogP contribution in [0.3, 0.4) is 0 Å². The highest BCUT2D eigenvalue weighted by Crippen LogP contribution is 2.36. The first-order valence-electron chi connectivity index (χ1n) is 7.50. The van der Waals surface area contributed by atoms with Gasteiger partial charge in [-0.15, -0.1) is 6.58 Å². The van der Waals surface area contributed by atoms with E-state index in [1.807, 2.05) is 61.5 Å². The number of rotatable bonds is 4. The number of sulfonamides is 1. The lowest BCUT2D eigenvalue weighted by Crippen LogP contribution is -2.37. The fourth-order valence-electron chi connectivity index (χ4n) is 2.81. The van der Waals surface area contributed by atoms with E-state index >= 15 is 0 Å². The Hall–Kier alpha value is -2.17. The summed E-state index contributed by atoms with van der Waals surface area (Å²) in [6.45, 7) is 5.72. The van der Waals surface area contributed by atoms with Gasteiger partial charge in [-0.3, -0.25) is 0 Å². The van der Waals surface area contributed by atoms with Crippen molar-refractivity contribution in [3.63, 3.8) is 0 Å². The Morgan fingerprint density at radius 3 is 2.26 bits per heavy atom. The predicted octanol–water partition coefficient (Wildman–Crippen LogP) is 3.85. The summed E-state index contributed by atoms with van der Waals surface area (Å²) in [5, 5.41) is 0. The Morgan fingerprint density at radius 1 is 1.00 bits per heavy atom. The van der Waals surface area contributed by atoms with E-state index in [2.05, 4.69) is 6.58 Å². The molecule has 1 aliphatic rings. The van der Waals surface area contributed by atoms with Gasteiger partial charge < -0.3 is 0 Å². The standard InChI is InChI=1S/C19H19NO2S/c1-3-17-11-14-19(16-7-5-4-6-8-16)20(17)23(21,22)18-12-9-15(2)10-13-18/h3-14,17,19H,1H2,2H3/t17-,19+/m1/s1. The molecule has 118 valence electrons. The number of hydrogen-bond donors (Lipinski definition) is 0. The van der Waals surface area contributed by atoms with Crippen molar-refractivity contribution in [3.05, 3.63) is 90.5 Å². The van der Waals surface area contributed by atoms with Crippen molar-refractivity contribution in [1.29, 1.82) is 0 Å². The molecule has 2 aromatic carbocycles. The molecule has 0 bridgehead atoms. The average Bonchev–Trinajstić information content (AvgIpc) is 3.01. The molecule has 0 spiro atoms. The molecule has 0 saturated heterocycles. The highest BCUT2D eigenvalue weighted by atomic mass is 32.2. The van der Waals surface area contributed by atoms with Crippen LogP contribution in [0.2, 0.25) is 0 Å². The Bertz CT molecular complexity index is 823. The van der Waals surface area contributed by atoms with Gasteiger partial charge in [-0.25, -0.2) is 8.42 Å². The molecular formula is C19H19NO2S. The van der Waals surface area contributed by atoms with Crippen LogP contribution in [0.4, 0.5) is 0 Å². The van der Waals surface area contributed by atoms with Crippen molar-refractivity contribution in [1.82, 2.24) is 4.31 Å². The largest absolute Gasteiger partial charge is 0.244 e. The first kappa shape index (κ1) is 15.7. The molecule has 4 heteroatoms. The molecule has 3 nitrogen and oxygen atoms in total. The van der Waals surface area contributed by atoms with Crippen molar-refractivity contribution in [2.45, 2.75) is 23.9 Å². The Morgan fingerprint density at radius 2 is 1.65 bits per heavy atom. The van der Waals surface area contributed by atoms with Gasteiger partial charge in [0.1, 0.15) is 0 Å². The maximum Gasteiger partial charge on any atom is 0.244 e. The number of nitrogens with zero attached hydrogens (tertiary/aromatic N) is 1. The van der Waals surface area contributed by atoms with Gasteiger partial charge in [0, 0.05) is 0 Å². The lowest BCUT2D eigenvalue weighted by atomic mass is 10.1. The van der Waals surface area contributed by atoms with Crippen LogP contribution in [0.5, 0.6) is 0 Å². The fraction of sp³-hybridized carbons (Fsp3) is 0.158. The van der Waals surface area contributed by atoms with E-state index in [9.17, 15) is 8.42 Å². The average molecular weight is 325 g/mol. The minimum atomic E-state index is -3.61. The molecule has 23 heavy (non-hydrogen) atoms. The molecule has 0 amide bonds. The highest BCUT2D eigenvalue weighted by molar-refractivity contribution is 7.89. The van der Waals surface area contributed by atoms with Gasteiger partial charge in [0.15, 0.2) is 0 Å². The topological polar surface area (TPSA) is 37.4 Å². The van der Waals surface area contributed by atoms with E-state index in [-0.39, 0.29) is 12.1 Å². The normalized spacial score (nSPS) is 21.4. The van der Waals surface area contributed by atoms with Gasteiger partial charge in [-0.1, -0.05) is 66.3 Å². The van der Waals surface area contributed by atoms with Crippen LogP contribution in [0.15, 0.2) is 84.3 Å². The molecule has 0 unspecified atom stereocenters. The zero-order valence-corrected chi connectivity index (χ0v) is 13.8. The van der Waals surface area contributed by atoms with E-state index in [0.717, 1.165) is 11.1 Å². The molecule has 2 atom stereocenters. The monoisotopic (exact) mass is 325 g/mol. The third kappa shape index (κ3) is 2.87. The summed E-state index contributed by atoms with van der Waals surface area (Å²) in [4.78, 5) is 0.305. The SMILES string of the molecule is C=C[C@@H]1C=C[C@@H](c2ccccc2)N1S(=O)(=O)c1ccc(C)cc1. The highest BCUT2D eigenvalue weighted by Gasteiger charge is 2.38. The quantitative estimate of drug-likeness (QED) is 0.801. The third-order valence-electron chi connectivity index (χ3n) is 4.04. The molecule has 1 heterocycles. The Labute approximate surface area is 137 Å². The van der Waals surface area contributed by atoms with Crippen LogP contribution in [-0.2, 0) is 10.0 Å². The van der Waals surface area contributed by atoms with Crippen LogP contribution in [0.25, 0.3) is 0 Å². The summed E-state index contributed by atoms with van der Waals surface area (Å²) in [6, 6.07) is 15.9. The molecule has 0 aliphatic carbocycles. The van der Waals surface area contributed by atoms with Gasteiger partial charge >= 0.3 is 0 Å². The van der Waals surface area contributed by atoms with Crippen LogP contribution in [0, 0.1) is 6.92 Å². The van der Waals surface area contributed by atoms with Crippen molar-refractivity contribution < 1.29 is 8.42 Å². The zero-order valence-electron chi connectivity index (χ0n) is 13.0. The van der Waals surface area contributed by atoms with Crippen LogP contribution < -0.4 is 0 Å².